The maximum Gasteiger partial charge on any atom is 0.331 e. The number of hydrogen-bond acceptors (Lipinski definition) is 5. The maximum atomic E-state index is 11.5. The number of aliphatic hydroxyl groups is 1. The third kappa shape index (κ3) is 3.07. The normalized spacial score (nSPS) is 13.8. The van der Waals surface area contributed by atoms with Crippen molar-refractivity contribution < 1.29 is 23.8 Å². The second-order valence-corrected chi connectivity index (χ2v) is 3.43. The first kappa shape index (κ1) is 13.2. The molecule has 0 fully saturated rings. The lowest BCUT2D eigenvalue weighted by molar-refractivity contribution is -0.150. The van der Waals surface area contributed by atoms with Gasteiger partial charge in [0.2, 0.25) is 6.41 Å². The largest absolute Gasteiger partial charge is 0.466 e. The van der Waals surface area contributed by atoms with Crippen LogP contribution in [0.2, 0.25) is 0 Å². The molecule has 0 radical (unpaired) electrons. The highest BCUT2D eigenvalue weighted by Gasteiger charge is 2.31. The Hall–Kier alpha value is -1.82. The second kappa shape index (κ2) is 6.05. The van der Waals surface area contributed by atoms with E-state index < -0.39 is 18.1 Å². The van der Waals surface area contributed by atoms with Crippen LogP contribution in [-0.2, 0) is 14.3 Å². The fourth-order valence-electron chi connectivity index (χ4n) is 1.43. The van der Waals surface area contributed by atoms with Crippen LogP contribution in [0.3, 0.4) is 0 Å². The molecule has 2 unspecified atom stereocenters. The molecule has 17 heavy (non-hydrogen) atoms. The van der Waals surface area contributed by atoms with Crippen molar-refractivity contribution in [3.05, 3.63) is 23.7 Å². The number of aryl methyl sites for hydroxylation is 1. The Labute approximate surface area is 98.6 Å². The zero-order valence-corrected chi connectivity index (χ0v) is 9.67. The Balaban J connectivity index is 2.87. The van der Waals surface area contributed by atoms with Crippen LogP contribution in [0.1, 0.15) is 24.4 Å². The Morgan fingerprint density at radius 2 is 2.41 bits per heavy atom. The van der Waals surface area contributed by atoms with Crippen molar-refractivity contribution >= 4 is 12.4 Å². The maximum absolute atomic E-state index is 11.5. The van der Waals surface area contributed by atoms with E-state index in [0.717, 1.165) is 0 Å². The number of furan rings is 1. The highest BCUT2D eigenvalue weighted by molar-refractivity contribution is 5.79. The van der Waals surface area contributed by atoms with Crippen molar-refractivity contribution in [2.24, 2.45) is 0 Å². The zero-order valence-electron chi connectivity index (χ0n) is 9.67. The minimum absolute atomic E-state index is 0.166. The van der Waals surface area contributed by atoms with Crippen LogP contribution in [0.25, 0.3) is 0 Å². The van der Waals surface area contributed by atoms with E-state index in [2.05, 4.69) is 5.32 Å². The van der Waals surface area contributed by atoms with Crippen LogP contribution in [0.5, 0.6) is 0 Å². The van der Waals surface area contributed by atoms with Crippen molar-refractivity contribution in [1.29, 1.82) is 0 Å². The molecule has 0 aliphatic carbocycles. The Kier molecular flexibility index (Phi) is 4.71. The van der Waals surface area contributed by atoms with Gasteiger partial charge in [-0.15, -0.1) is 0 Å². The van der Waals surface area contributed by atoms with Gasteiger partial charge in [0.1, 0.15) is 11.9 Å². The van der Waals surface area contributed by atoms with Crippen LogP contribution in [0.4, 0.5) is 0 Å². The third-order valence-corrected chi connectivity index (χ3v) is 2.27. The van der Waals surface area contributed by atoms with Gasteiger partial charge in [-0.3, -0.25) is 4.79 Å². The van der Waals surface area contributed by atoms with Crippen molar-refractivity contribution in [3.63, 3.8) is 0 Å². The van der Waals surface area contributed by atoms with E-state index in [4.69, 9.17) is 9.15 Å². The number of aliphatic hydroxyl groups excluding tert-OH is 1. The number of esters is 1. The first-order chi connectivity index (χ1) is 8.11. The predicted molar refractivity (Wildman–Crippen MR) is 58.0 cm³/mol. The molecule has 0 aliphatic heterocycles. The van der Waals surface area contributed by atoms with Gasteiger partial charge in [0.05, 0.1) is 12.9 Å². The molecule has 0 saturated carbocycles. The molecule has 1 heterocycles. The molecule has 1 aromatic rings. The Bertz CT molecular complexity index is 387. The van der Waals surface area contributed by atoms with Crippen LogP contribution in [-0.4, -0.2) is 30.1 Å². The lowest BCUT2D eigenvalue weighted by atomic mass is 10.1. The van der Waals surface area contributed by atoms with Gasteiger partial charge >= 0.3 is 5.97 Å². The minimum Gasteiger partial charge on any atom is -0.466 e. The first-order valence-corrected chi connectivity index (χ1v) is 5.20. The van der Waals surface area contributed by atoms with E-state index in [1.54, 1.807) is 19.9 Å². The lowest BCUT2D eigenvalue weighted by Gasteiger charge is -2.19. The third-order valence-electron chi connectivity index (χ3n) is 2.27. The van der Waals surface area contributed by atoms with Gasteiger partial charge < -0.3 is 19.6 Å². The number of carbonyl (C=O) groups is 2. The summed E-state index contributed by atoms with van der Waals surface area (Å²) in [5.74, 6) is -0.472. The van der Waals surface area contributed by atoms with E-state index >= 15 is 0 Å². The van der Waals surface area contributed by atoms with E-state index in [1.165, 1.54) is 6.26 Å². The molecule has 94 valence electrons. The molecule has 0 bridgehead atoms. The summed E-state index contributed by atoms with van der Waals surface area (Å²) in [6, 6.07) is 0.485. The molecular weight excluding hydrogens is 226 g/mol. The molecular formula is C11H15NO5. The number of rotatable bonds is 6. The molecule has 2 atom stereocenters. The molecule has 1 rings (SSSR count). The van der Waals surface area contributed by atoms with Crippen molar-refractivity contribution in [1.82, 2.24) is 5.32 Å². The smallest absolute Gasteiger partial charge is 0.331 e. The highest BCUT2D eigenvalue weighted by Crippen LogP contribution is 2.22. The first-order valence-electron chi connectivity index (χ1n) is 5.20. The van der Waals surface area contributed by atoms with Crippen molar-refractivity contribution in [2.75, 3.05) is 6.61 Å². The molecule has 2 N–H and O–H groups in total. The predicted octanol–water partition coefficient (Wildman–Crippen LogP) is 0.299. The number of ether oxygens (including phenoxy) is 1. The van der Waals surface area contributed by atoms with Gasteiger partial charge in [0.25, 0.3) is 0 Å². The molecule has 0 aromatic carbocycles. The molecule has 1 aromatic heterocycles. The molecule has 6 nitrogen and oxygen atoms in total. The fourth-order valence-corrected chi connectivity index (χ4v) is 1.43. The Morgan fingerprint density at radius 1 is 1.71 bits per heavy atom. The summed E-state index contributed by atoms with van der Waals surface area (Å²) < 4.78 is 9.82. The number of amides is 1. The van der Waals surface area contributed by atoms with Crippen LogP contribution in [0, 0.1) is 6.92 Å². The fraction of sp³-hybridized carbons (Fsp3) is 0.455. The van der Waals surface area contributed by atoms with Gasteiger partial charge in [-0.25, -0.2) is 4.79 Å². The zero-order chi connectivity index (χ0) is 12.8. The second-order valence-electron chi connectivity index (χ2n) is 3.43. The van der Waals surface area contributed by atoms with Crippen molar-refractivity contribution in [3.8, 4) is 0 Å². The van der Waals surface area contributed by atoms with E-state index in [1.807, 2.05) is 0 Å². The number of hydrogen-bond donors (Lipinski definition) is 2. The minimum atomic E-state index is -1.27. The molecule has 0 aliphatic rings. The Morgan fingerprint density at radius 3 is 2.88 bits per heavy atom. The monoisotopic (exact) mass is 241 g/mol. The van der Waals surface area contributed by atoms with E-state index in [0.29, 0.717) is 12.0 Å². The van der Waals surface area contributed by atoms with E-state index in [-0.39, 0.29) is 12.4 Å². The summed E-state index contributed by atoms with van der Waals surface area (Å²) in [4.78, 5) is 22.0. The molecule has 0 saturated heterocycles. The van der Waals surface area contributed by atoms with Gasteiger partial charge in [0, 0.05) is 0 Å². The standard InChI is InChI=1S/C11H15NO5/c1-3-16-11(15)8(12-6-13)9(14)10-7(2)4-5-17-10/h4-6,8-9,14H,3H2,1-2H3,(H,12,13). The van der Waals surface area contributed by atoms with Gasteiger partial charge in [0.15, 0.2) is 6.04 Å². The number of nitrogens with one attached hydrogen (secondary N) is 1. The summed E-state index contributed by atoms with van der Waals surface area (Å²) in [5, 5.41) is 12.2. The quantitative estimate of drug-likeness (QED) is 0.552. The molecule has 0 spiro atoms. The van der Waals surface area contributed by atoms with Gasteiger partial charge in [-0.2, -0.15) is 0 Å². The van der Waals surface area contributed by atoms with Crippen LogP contribution >= 0.6 is 0 Å². The SMILES string of the molecule is CCOC(=O)C(NC=O)C(O)c1occc1C. The average Bonchev–Trinajstić information content (AvgIpc) is 2.71. The summed E-state index contributed by atoms with van der Waals surface area (Å²) in [6.07, 6.45) is 0.467. The highest BCUT2D eigenvalue weighted by atomic mass is 16.5. The average molecular weight is 241 g/mol. The lowest BCUT2D eigenvalue weighted by Crippen LogP contribution is -2.42. The summed E-state index contributed by atoms with van der Waals surface area (Å²) in [7, 11) is 0. The van der Waals surface area contributed by atoms with Gasteiger partial charge in [-0.1, -0.05) is 0 Å². The van der Waals surface area contributed by atoms with Crippen molar-refractivity contribution in [2.45, 2.75) is 26.0 Å². The van der Waals surface area contributed by atoms with Crippen LogP contribution in [0.15, 0.2) is 16.7 Å². The number of carbonyl (C=O) groups excluding carboxylic acids is 2. The summed E-state index contributed by atoms with van der Waals surface area (Å²) in [6.45, 7) is 3.53. The van der Waals surface area contributed by atoms with Crippen LogP contribution < -0.4 is 5.32 Å². The summed E-state index contributed by atoms with van der Waals surface area (Å²) in [5.41, 5.74) is 0.694. The van der Waals surface area contributed by atoms with Gasteiger partial charge in [-0.05, 0) is 25.5 Å². The molecule has 6 heteroatoms. The van der Waals surface area contributed by atoms with E-state index in [9.17, 15) is 14.7 Å². The molecule has 1 amide bonds. The summed E-state index contributed by atoms with van der Waals surface area (Å²) >= 11 is 0. The topological polar surface area (TPSA) is 88.8 Å².